The third-order valence-electron chi connectivity index (χ3n) is 5.23. The van der Waals surface area contributed by atoms with Crippen molar-refractivity contribution in [2.24, 2.45) is 0 Å². The number of ether oxygens (including phenoxy) is 2. The number of nitrogens with zero attached hydrogens (tertiary/aromatic N) is 1. The molecule has 0 radical (unpaired) electrons. The Morgan fingerprint density at radius 2 is 1.89 bits per heavy atom. The van der Waals surface area contributed by atoms with Crippen LogP contribution in [-0.4, -0.2) is 36.4 Å². The van der Waals surface area contributed by atoms with E-state index in [0.29, 0.717) is 18.5 Å². The van der Waals surface area contributed by atoms with Crippen LogP contribution in [0.15, 0.2) is 48.5 Å². The van der Waals surface area contributed by atoms with E-state index in [4.69, 9.17) is 9.47 Å². The molecule has 3 rings (SSSR count). The third-order valence-corrected chi connectivity index (χ3v) is 5.23. The van der Waals surface area contributed by atoms with Crippen molar-refractivity contribution in [3.05, 3.63) is 65.5 Å². The Morgan fingerprint density at radius 1 is 1.22 bits per heavy atom. The molecule has 0 bridgehead atoms. The monoisotopic (exact) mass is 373 g/mol. The van der Waals surface area contributed by atoms with Gasteiger partial charge in [0.1, 0.15) is 17.2 Å². The maximum atomic E-state index is 13.3. The zero-order chi connectivity index (χ0) is 19.4. The lowest BCUT2D eigenvalue weighted by molar-refractivity contribution is -0.0718. The maximum Gasteiger partial charge on any atom is 0.411 e. The zero-order valence-corrected chi connectivity index (χ0v) is 15.5. The van der Waals surface area contributed by atoms with Crippen molar-refractivity contribution in [3.63, 3.8) is 0 Å². The van der Waals surface area contributed by atoms with Crippen LogP contribution in [-0.2, 0) is 10.3 Å². The summed E-state index contributed by atoms with van der Waals surface area (Å²) < 4.78 is 24.3. The van der Waals surface area contributed by atoms with Gasteiger partial charge in [0, 0.05) is 26.0 Å². The molecule has 5 nitrogen and oxygen atoms in total. The van der Waals surface area contributed by atoms with E-state index in [9.17, 15) is 14.3 Å². The summed E-state index contributed by atoms with van der Waals surface area (Å²) in [6.45, 7) is 2.29. The van der Waals surface area contributed by atoms with Crippen LogP contribution in [0.3, 0.4) is 0 Å². The largest absolute Gasteiger partial charge is 0.497 e. The lowest BCUT2D eigenvalue weighted by atomic mass is 9.85. The number of hydrogen-bond acceptors (Lipinski definition) is 4. The number of hydrogen-bond donors (Lipinski definition) is 1. The normalized spacial score (nSPS) is 20.9. The number of methoxy groups -OCH3 is 1. The first kappa shape index (κ1) is 19.2. The van der Waals surface area contributed by atoms with Gasteiger partial charge in [-0.1, -0.05) is 24.3 Å². The molecule has 2 aromatic carbocycles. The van der Waals surface area contributed by atoms with E-state index in [1.165, 1.54) is 12.1 Å². The fourth-order valence-electron chi connectivity index (χ4n) is 3.54. The van der Waals surface area contributed by atoms with Gasteiger partial charge in [0.2, 0.25) is 0 Å². The van der Waals surface area contributed by atoms with Crippen LogP contribution in [0.4, 0.5) is 9.18 Å². The molecule has 1 aliphatic rings. The summed E-state index contributed by atoms with van der Waals surface area (Å²) in [4.78, 5) is 14.5. The van der Waals surface area contributed by atoms with Crippen molar-refractivity contribution in [1.82, 2.24) is 4.90 Å². The van der Waals surface area contributed by atoms with E-state index in [-0.39, 0.29) is 24.9 Å². The molecular weight excluding hydrogens is 349 g/mol. The van der Waals surface area contributed by atoms with Gasteiger partial charge in [-0.25, -0.2) is 9.18 Å². The average molecular weight is 373 g/mol. The van der Waals surface area contributed by atoms with Crippen molar-refractivity contribution in [1.29, 1.82) is 0 Å². The highest BCUT2D eigenvalue weighted by Gasteiger charge is 2.43. The van der Waals surface area contributed by atoms with Crippen LogP contribution in [0.5, 0.6) is 5.75 Å². The summed E-state index contributed by atoms with van der Waals surface area (Å²) in [5.74, 6) is 0.403. The van der Waals surface area contributed by atoms with Crippen molar-refractivity contribution in [2.45, 2.75) is 31.4 Å². The van der Waals surface area contributed by atoms with Crippen molar-refractivity contribution in [3.8, 4) is 5.75 Å². The molecule has 1 heterocycles. The molecule has 1 amide bonds. The molecule has 1 N–H and O–H groups in total. The topological polar surface area (TPSA) is 59.0 Å². The van der Waals surface area contributed by atoms with Crippen LogP contribution < -0.4 is 4.74 Å². The molecule has 6 heteroatoms. The molecule has 144 valence electrons. The molecule has 2 aromatic rings. The summed E-state index contributed by atoms with van der Waals surface area (Å²) in [5, 5.41) is 9.50. The number of carbonyl (C=O) groups is 1. The molecule has 1 saturated heterocycles. The minimum Gasteiger partial charge on any atom is -0.497 e. The van der Waals surface area contributed by atoms with E-state index in [1.54, 1.807) is 24.1 Å². The van der Waals surface area contributed by atoms with Crippen LogP contribution >= 0.6 is 0 Å². The number of aliphatic hydroxyl groups is 1. The van der Waals surface area contributed by atoms with E-state index in [2.05, 4.69) is 0 Å². The quantitative estimate of drug-likeness (QED) is 0.831. The first-order valence-corrected chi connectivity index (χ1v) is 8.99. The molecule has 2 atom stereocenters. The SMILES string of the molecule is COc1ccc(C(C)N2CCC(CCO)(c3ccc(F)cc3)OC2=O)cc1. The number of carbonyl (C=O) groups excluding carboxylic acids is 1. The molecule has 2 unspecified atom stereocenters. The highest BCUT2D eigenvalue weighted by molar-refractivity contribution is 5.70. The summed E-state index contributed by atoms with van der Waals surface area (Å²) in [6, 6.07) is 13.3. The van der Waals surface area contributed by atoms with E-state index < -0.39 is 11.7 Å². The van der Waals surface area contributed by atoms with E-state index >= 15 is 0 Å². The Morgan fingerprint density at radius 3 is 2.44 bits per heavy atom. The van der Waals surface area contributed by atoms with Crippen LogP contribution in [0, 0.1) is 5.82 Å². The molecule has 1 fully saturated rings. The lowest BCUT2D eigenvalue weighted by Gasteiger charge is -2.43. The van der Waals surface area contributed by atoms with Gasteiger partial charge in [-0.05, 0) is 42.3 Å². The molecule has 0 aromatic heterocycles. The van der Waals surface area contributed by atoms with Crippen LogP contribution in [0.1, 0.15) is 36.9 Å². The molecule has 1 aliphatic heterocycles. The van der Waals surface area contributed by atoms with Crippen molar-refractivity contribution in [2.75, 3.05) is 20.3 Å². The second kappa shape index (κ2) is 7.96. The van der Waals surface area contributed by atoms with Crippen LogP contribution in [0.25, 0.3) is 0 Å². The standard InChI is InChI=1S/C21H24FNO4/c1-15(16-3-9-19(26-2)10-4-16)23-13-11-21(12-14-24,27-20(23)25)17-5-7-18(22)8-6-17/h3-10,15,24H,11-14H2,1-2H3. The number of benzene rings is 2. The second-order valence-electron chi connectivity index (χ2n) is 6.74. The molecule has 0 aliphatic carbocycles. The number of amides is 1. The summed E-state index contributed by atoms with van der Waals surface area (Å²) >= 11 is 0. The predicted octanol–water partition coefficient (Wildman–Crippen LogP) is 4.02. The highest BCUT2D eigenvalue weighted by Crippen LogP contribution is 2.39. The zero-order valence-electron chi connectivity index (χ0n) is 15.5. The Kier molecular flexibility index (Phi) is 5.65. The highest BCUT2D eigenvalue weighted by atomic mass is 19.1. The lowest BCUT2D eigenvalue weighted by Crippen LogP contribution is -2.49. The van der Waals surface area contributed by atoms with Gasteiger partial charge in [0.25, 0.3) is 0 Å². The molecule has 0 saturated carbocycles. The number of rotatable bonds is 6. The number of halogens is 1. The van der Waals surface area contributed by atoms with Gasteiger partial charge >= 0.3 is 6.09 Å². The number of cyclic esters (lactones) is 1. The summed E-state index contributed by atoms with van der Waals surface area (Å²) in [7, 11) is 1.61. The second-order valence-corrected chi connectivity index (χ2v) is 6.74. The van der Waals surface area contributed by atoms with Crippen molar-refractivity contribution >= 4 is 6.09 Å². The minimum absolute atomic E-state index is 0.126. The fourth-order valence-corrected chi connectivity index (χ4v) is 3.54. The van der Waals surface area contributed by atoms with Gasteiger partial charge in [-0.15, -0.1) is 0 Å². The van der Waals surface area contributed by atoms with Crippen molar-refractivity contribution < 1.29 is 23.8 Å². The van der Waals surface area contributed by atoms with Gasteiger partial charge in [-0.3, -0.25) is 0 Å². The first-order chi connectivity index (χ1) is 13.0. The average Bonchev–Trinajstić information content (AvgIpc) is 2.68. The minimum atomic E-state index is -0.935. The maximum absolute atomic E-state index is 13.3. The molecule has 27 heavy (non-hydrogen) atoms. The molecule has 0 spiro atoms. The number of aliphatic hydroxyl groups excluding tert-OH is 1. The Labute approximate surface area is 158 Å². The summed E-state index contributed by atoms with van der Waals surface area (Å²) in [6.07, 6.45) is 0.350. The first-order valence-electron chi connectivity index (χ1n) is 8.99. The fraction of sp³-hybridized carbons (Fsp3) is 0.381. The van der Waals surface area contributed by atoms with Crippen LogP contribution in [0.2, 0.25) is 0 Å². The van der Waals surface area contributed by atoms with Gasteiger partial charge < -0.3 is 19.5 Å². The Hall–Kier alpha value is -2.60. The van der Waals surface area contributed by atoms with Gasteiger partial charge in [0.15, 0.2) is 0 Å². The van der Waals surface area contributed by atoms with Gasteiger partial charge in [-0.2, -0.15) is 0 Å². The predicted molar refractivity (Wildman–Crippen MR) is 99.0 cm³/mol. The third kappa shape index (κ3) is 3.90. The Balaban J connectivity index is 1.79. The Bertz CT molecular complexity index is 778. The van der Waals surface area contributed by atoms with E-state index in [0.717, 1.165) is 11.3 Å². The van der Waals surface area contributed by atoms with Gasteiger partial charge in [0.05, 0.1) is 13.2 Å². The summed E-state index contributed by atoms with van der Waals surface area (Å²) in [5.41, 5.74) is 0.739. The smallest absolute Gasteiger partial charge is 0.411 e. The molecular formula is C21H24FNO4. The van der Waals surface area contributed by atoms with E-state index in [1.807, 2.05) is 31.2 Å².